The minimum absolute atomic E-state index is 0.460. The molecule has 0 fully saturated rings. The zero-order valence-corrected chi connectivity index (χ0v) is 9.88. The molecule has 2 aromatic heterocycles. The Labute approximate surface area is 99.3 Å². The average molecular weight is 283 g/mol. The molecule has 2 rings (SSSR count). The molecule has 0 N–H and O–H groups in total. The molecule has 2 aromatic rings. The minimum Gasteiger partial charge on any atom is -0.318 e. The van der Waals surface area contributed by atoms with Gasteiger partial charge in [0, 0.05) is 6.92 Å². The first kappa shape index (κ1) is 10.7. The smallest absolute Gasteiger partial charge is 0.318 e. The maximum atomic E-state index is 10.7. The third kappa shape index (κ3) is 2.43. The Balaban J connectivity index is 2.28. The Morgan fingerprint density at radius 2 is 2.25 bits per heavy atom. The van der Waals surface area contributed by atoms with E-state index in [1.165, 1.54) is 13.1 Å². The molecule has 0 amide bonds. The fourth-order valence-corrected chi connectivity index (χ4v) is 1.44. The van der Waals surface area contributed by atoms with Crippen molar-refractivity contribution in [2.45, 2.75) is 6.92 Å². The fraction of sp³-hybridized carbons (Fsp3) is 0.111. The van der Waals surface area contributed by atoms with Gasteiger partial charge in [0.05, 0.1) is 11.9 Å². The lowest BCUT2D eigenvalue weighted by molar-refractivity contribution is -0.143. The summed E-state index contributed by atoms with van der Waals surface area (Å²) in [5.41, 5.74) is 1.18. The zero-order valence-electron chi connectivity index (χ0n) is 8.29. The van der Waals surface area contributed by atoms with Crippen molar-refractivity contribution in [3.63, 3.8) is 0 Å². The van der Waals surface area contributed by atoms with Gasteiger partial charge in [0.2, 0.25) is 0 Å². The maximum Gasteiger partial charge on any atom is 0.331 e. The van der Waals surface area contributed by atoms with E-state index in [9.17, 15) is 4.79 Å². The first-order chi connectivity index (χ1) is 7.65. The highest BCUT2D eigenvalue weighted by molar-refractivity contribution is 9.10. The third-order valence-corrected chi connectivity index (χ3v) is 2.11. The largest absolute Gasteiger partial charge is 0.331 e. The SMILES string of the molecule is CC(=O)On1cc(-c2cccc(Br)n2)nn1. The highest BCUT2D eigenvalue weighted by atomic mass is 79.9. The van der Waals surface area contributed by atoms with Crippen LogP contribution in [0.25, 0.3) is 11.4 Å². The summed E-state index contributed by atoms with van der Waals surface area (Å²) in [6, 6.07) is 5.42. The van der Waals surface area contributed by atoms with Gasteiger partial charge in [0.15, 0.2) is 0 Å². The highest BCUT2D eigenvalue weighted by Gasteiger charge is 2.07. The molecular formula is C9H7BrN4O2. The molecule has 0 saturated heterocycles. The number of hydrogen-bond donors (Lipinski definition) is 0. The summed E-state index contributed by atoms with van der Waals surface area (Å²) in [5, 5.41) is 7.46. The van der Waals surface area contributed by atoms with Gasteiger partial charge in [-0.2, -0.15) is 0 Å². The molecule has 82 valence electrons. The lowest BCUT2D eigenvalue weighted by Crippen LogP contribution is -2.16. The standard InChI is InChI=1S/C9H7BrN4O2/c1-6(15)16-14-5-8(12-13-14)7-3-2-4-9(10)11-7/h2-5H,1H3. The van der Waals surface area contributed by atoms with Crippen LogP contribution < -0.4 is 4.84 Å². The van der Waals surface area contributed by atoms with Gasteiger partial charge in [-0.25, -0.2) is 9.78 Å². The molecule has 2 heterocycles. The van der Waals surface area contributed by atoms with E-state index >= 15 is 0 Å². The minimum atomic E-state index is -0.460. The summed E-state index contributed by atoms with van der Waals surface area (Å²) in [5.74, 6) is -0.460. The van der Waals surface area contributed by atoms with Crippen LogP contribution in [0.15, 0.2) is 29.0 Å². The molecule has 0 aromatic carbocycles. The van der Waals surface area contributed by atoms with Gasteiger partial charge in [-0.3, -0.25) is 0 Å². The molecular weight excluding hydrogens is 276 g/mol. The summed E-state index contributed by atoms with van der Waals surface area (Å²) in [6.45, 7) is 1.29. The maximum absolute atomic E-state index is 10.7. The number of carbonyl (C=O) groups excluding carboxylic acids is 1. The topological polar surface area (TPSA) is 69.9 Å². The van der Waals surface area contributed by atoms with Crippen LogP contribution in [0.2, 0.25) is 0 Å². The van der Waals surface area contributed by atoms with E-state index in [-0.39, 0.29) is 0 Å². The molecule has 0 unspecified atom stereocenters. The first-order valence-corrected chi connectivity index (χ1v) is 5.18. The molecule has 0 aliphatic carbocycles. The van der Waals surface area contributed by atoms with Gasteiger partial charge in [-0.05, 0) is 33.3 Å². The molecule has 0 atom stereocenters. The van der Waals surface area contributed by atoms with Gasteiger partial charge in [0.1, 0.15) is 10.3 Å². The molecule has 7 heteroatoms. The number of pyridine rings is 1. The number of nitrogens with zero attached hydrogens (tertiary/aromatic N) is 4. The van der Waals surface area contributed by atoms with Crippen LogP contribution in [-0.4, -0.2) is 26.1 Å². The van der Waals surface area contributed by atoms with Crippen molar-refractivity contribution in [2.24, 2.45) is 0 Å². The monoisotopic (exact) mass is 282 g/mol. The summed E-state index contributed by atoms with van der Waals surface area (Å²) < 4.78 is 0.701. The zero-order chi connectivity index (χ0) is 11.5. The van der Waals surface area contributed by atoms with E-state index in [0.717, 1.165) is 4.85 Å². The summed E-state index contributed by atoms with van der Waals surface area (Å²) >= 11 is 3.26. The number of rotatable bonds is 2. The second-order valence-corrected chi connectivity index (χ2v) is 3.75. The van der Waals surface area contributed by atoms with Gasteiger partial charge in [0.25, 0.3) is 0 Å². The van der Waals surface area contributed by atoms with Crippen molar-refractivity contribution >= 4 is 21.9 Å². The summed E-state index contributed by atoms with van der Waals surface area (Å²) in [4.78, 5) is 20.6. The average Bonchev–Trinajstić information content (AvgIpc) is 2.65. The van der Waals surface area contributed by atoms with Crippen molar-refractivity contribution in [3.05, 3.63) is 29.0 Å². The molecule has 6 nitrogen and oxygen atoms in total. The third-order valence-electron chi connectivity index (χ3n) is 1.67. The number of carbonyl (C=O) groups is 1. The van der Waals surface area contributed by atoms with Crippen molar-refractivity contribution in [2.75, 3.05) is 0 Å². The molecule has 0 aliphatic rings. The van der Waals surface area contributed by atoms with Crippen molar-refractivity contribution in [1.29, 1.82) is 0 Å². The number of aromatic nitrogens is 4. The van der Waals surface area contributed by atoms with Crippen LogP contribution >= 0.6 is 15.9 Å². The van der Waals surface area contributed by atoms with E-state index in [4.69, 9.17) is 4.84 Å². The van der Waals surface area contributed by atoms with E-state index in [1.807, 2.05) is 6.07 Å². The molecule has 0 aliphatic heterocycles. The van der Waals surface area contributed by atoms with E-state index in [1.54, 1.807) is 12.1 Å². The van der Waals surface area contributed by atoms with Gasteiger partial charge in [-0.1, -0.05) is 10.9 Å². The Morgan fingerprint density at radius 3 is 2.94 bits per heavy atom. The number of hydrogen-bond acceptors (Lipinski definition) is 5. The summed E-state index contributed by atoms with van der Waals surface area (Å²) in [7, 11) is 0. The van der Waals surface area contributed by atoms with Gasteiger partial charge >= 0.3 is 5.97 Å². The first-order valence-electron chi connectivity index (χ1n) is 4.39. The normalized spacial score (nSPS) is 10.1. The highest BCUT2D eigenvalue weighted by Crippen LogP contribution is 2.15. The Morgan fingerprint density at radius 1 is 1.44 bits per heavy atom. The van der Waals surface area contributed by atoms with Gasteiger partial charge < -0.3 is 4.84 Å². The van der Waals surface area contributed by atoms with Crippen molar-refractivity contribution in [3.8, 4) is 11.4 Å². The Kier molecular flexibility index (Phi) is 2.95. The van der Waals surface area contributed by atoms with Gasteiger partial charge in [-0.15, -0.1) is 5.10 Å². The quantitative estimate of drug-likeness (QED) is 0.609. The lowest BCUT2D eigenvalue weighted by atomic mass is 10.3. The Hall–Kier alpha value is -1.76. The van der Waals surface area contributed by atoms with Crippen LogP contribution in [0.5, 0.6) is 0 Å². The van der Waals surface area contributed by atoms with E-state index in [0.29, 0.717) is 16.0 Å². The predicted molar refractivity (Wildman–Crippen MR) is 58.2 cm³/mol. The molecule has 0 bridgehead atoms. The van der Waals surface area contributed by atoms with Crippen molar-refractivity contribution < 1.29 is 9.63 Å². The summed E-state index contributed by atoms with van der Waals surface area (Å²) in [6.07, 6.45) is 1.48. The number of halogens is 1. The second kappa shape index (κ2) is 4.40. The molecule has 0 saturated carbocycles. The molecule has 0 radical (unpaired) electrons. The van der Waals surface area contributed by atoms with Crippen LogP contribution in [0.3, 0.4) is 0 Å². The van der Waals surface area contributed by atoms with Crippen LogP contribution in [0.4, 0.5) is 0 Å². The lowest BCUT2D eigenvalue weighted by Gasteiger charge is -1.96. The molecule has 0 spiro atoms. The van der Waals surface area contributed by atoms with Crippen LogP contribution in [0, 0.1) is 0 Å². The Bertz CT molecular complexity index is 526. The molecule has 16 heavy (non-hydrogen) atoms. The van der Waals surface area contributed by atoms with Crippen LogP contribution in [-0.2, 0) is 4.79 Å². The van der Waals surface area contributed by atoms with Crippen molar-refractivity contribution in [1.82, 2.24) is 20.1 Å². The van der Waals surface area contributed by atoms with E-state index in [2.05, 4.69) is 31.2 Å². The predicted octanol–water partition coefficient (Wildman–Crippen LogP) is 1.08. The second-order valence-electron chi connectivity index (χ2n) is 2.93. The van der Waals surface area contributed by atoms with E-state index < -0.39 is 5.97 Å². The van der Waals surface area contributed by atoms with Crippen LogP contribution in [0.1, 0.15) is 6.92 Å². The fourth-order valence-electron chi connectivity index (χ4n) is 1.09.